The summed E-state index contributed by atoms with van der Waals surface area (Å²) in [6, 6.07) is 44.0. The van der Waals surface area contributed by atoms with Gasteiger partial charge in [-0.25, -0.2) is 0 Å². The molecule has 0 amide bonds. The second kappa shape index (κ2) is 8.17. The third-order valence-corrected chi connectivity index (χ3v) is 9.62. The topological polar surface area (TPSA) is 0 Å². The summed E-state index contributed by atoms with van der Waals surface area (Å²) in [7, 11) is -2.30. The van der Waals surface area contributed by atoms with Crippen LogP contribution in [-0.4, -0.2) is 8.41 Å². The van der Waals surface area contributed by atoms with Crippen molar-refractivity contribution in [2.75, 3.05) is 0 Å². The predicted octanol–water partition coefficient (Wildman–Crippen LogP) is 2.85. The molecule has 0 saturated heterocycles. The zero-order valence-electron chi connectivity index (χ0n) is 14.0. The summed E-state index contributed by atoms with van der Waals surface area (Å²) in [6.07, 6.45) is 0. The van der Waals surface area contributed by atoms with E-state index in [0.717, 1.165) is 0 Å². The van der Waals surface area contributed by atoms with Gasteiger partial charge in [0.2, 0.25) is 0 Å². The fraction of sp³-hybridized carbons (Fsp3) is 0. The first-order valence-electron chi connectivity index (χ1n) is 8.64. The summed E-state index contributed by atoms with van der Waals surface area (Å²) in [5.41, 5.74) is 0. The van der Waals surface area contributed by atoms with Crippen LogP contribution in [0.25, 0.3) is 0 Å². The van der Waals surface area contributed by atoms with Gasteiger partial charge in [0, 0.05) is 0 Å². The Labute approximate surface area is 158 Å². The van der Waals surface area contributed by atoms with E-state index in [9.17, 15) is 0 Å². The van der Waals surface area contributed by atoms with E-state index >= 15 is 0 Å². The zero-order valence-corrected chi connectivity index (χ0v) is 15.0. The standard InChI is InChI=1S/C24H21P.BH3/c1-5-13-21(14-6-1)25(22-15-7-2-8-16-22,23-17-9-3-10-18-23)24-19-11-4-12-20-24;/h1-20,25H;1H3. The Morgan fingerprint density at radius 2 is 0.500 bits per heavy atom. The Kier molecular flexibility index (Phi) is 5.71. The zero-order chi connectivity index (χ0) is 17.0. The van der Waals surface area contributed by atoms with Crippen LogP contribution in [-0.2, 0) is 0 Å². The van der Waals surface area contributed by atoms with E-state index in [2.05, 4.69) is 121 Å². The van der Waals surface area contributed by atoms with Gasteiger partial charge >= 0.3 is 150 Å². The van der Waals surface area contributed by atoms with Gasteiger partial charge in [0.05, 0.1) is 8.41 Å². The van der Waals surface area contributed by atoms with E-state index in [0.29, 0.717) is 0 Å². The van der Waals surface area contributed by atoms with Crippen LogP contribution in [0, 0.1) is 0 Å². The Morgan fingerprint density at radius 3 is 0.692 bits per heavy atom. The first-order valence-corrected chi connectivity index (χ1v) is 10.6. The molecule has 0 aliphatic carbocycles. The molecule has 0 saturated carbocycles. The normalized spacial score (nSPS) is 11.4. The SMILES string of the molecule is B.c1ccc([PH](c2ccccc2)(c2ccccc2)c2ccccc2)cc1. The molecule has 0 aliphatic rings. The van der Waals surface area contributed by atoms with Gasteiger partial charge in [-0.2, -0.15) is 0 Å². The van der Waals surface area contributed by atoms with Gasteiger partial charge in [0.1, 0.15) is 0 Å². The molecule has 4 aromatic rings. The van der Waals surface area contributed by atoms with E-state index in [1.54, 1.807) is 0 Å². The molecule has 4 aromatic carbocycles. The third-order valence-electron chi connectivity index (χ3n) is 4.83. The van der Waals surface area contributed by atoms with Crippen LogP contribution < -0.4 is 21.2 Å². The summed E-state index contributed by atoms with van der Waals surface area (Å²) in [5.74, 6) is 0. The summed E-state index contributed by atoms with van der Waals surface area (Å²) in [6.45, 7) is 0. The monoisotopic (exact) mass is 354 g/mol. The van der Waals surface area contributed by atoms with Crippen LogP contribution in [0.1, 0.15) is 0 Å². The molecule has 0 spiro atoms. The van der Waals surface area contributed by atoms with Crippen molar-refractivity contribution in [3.63, 3.8) is 0 Å². The van der Waals surface area contributed by atoms with E-state index < -0.39 is 7.26 Å². The molecule has 0 aromatic heterocycles. The average molecular weight is 354 g/mol. The quantitative estimate of drug-likeness (QED) is 0.391. The van der Waals surface area contributed by atoms with Crippen LogP contribution >= 0.6 is 7.26 Å². The van der Waals surface area contributed by atoms with Gasteiger partial charge in [-0.1, -0.05) is 0 Å². The fourth-order valence-electron chi connectivity index (χ4n) is 3.75. The van der Waals surface area contributed by atoms with Crippen LogP contribution in [0.2, 0.25) is 0 Å². The Hall–Kier alpha value is -2.63. The molecule has 0 aliphatic heterocycles. The molecular weight excluding hydrogens is 330 g/mol. The van der Waals surface area contributed by atoms with Gasteiger partial charge in [0.25, 0.3) is 0 Å². The van der Waals surface area contributed by atoms with E-state index in [1.807, 2.05) is 0 Å². The molecule has 4 rings (SSSR count). The number of hydrogen-bond acceptors (Lipinski definition) is 0. The van der Waals surface area contributed by atoms with Crippen molar-refractivity contribution in [3.8, 4) is 0 Å². The van der Waals surface area contributed by atoms with Gasteiger partial charge in [-0.15, -0.1) is 0 Å². The van der Waals surface area contributed by atoms with Gasteiger partial charge in [0.15, 0.2) is 0 Å². The third kappa shape index (κ3) is 3.11. The van der Waals surface area contributed by atoms with Crippen molar-refractivity contribution >= 4 is 36.9 Å². The maximum atomic E-state index is 2.29. The van der Waals surface area contributed by atoms with Crippen LogP contribution in [0.5, 0.6) is 0 Å². The molecule has 128 valence electrons. The number of rotatable bonds is 4. The van der Waals surface area contributed by atoms with Gasteiger partial charge in [-0.05, 0) is 0 Å². The minimum absolute atomic E-state index is 0. The molecule has 26 heavy (non-hydrogen) atoms. The first kappa shape index (κ1) is 18.2. The number of benzene rings is 4. The number of hydrogen-bond donors (Lipinski definition) is 0. The van der Waals surface area contributed by atoms with Crippen molar-refractivity contribution in [2.24, 2.45) is 0 Å². The molecular formula is C24H24BP. The Morgan fingerprint density at radius 1 is 0.308 bits per heavy atom. The van der Waals surface area contributed by atoms with Crippen LogP contribution in [0.3, 0.4) is 0 Å². The van der Waals surface area contributed by atoms with Crippen molar-refractivity contribution in [1.82, 2.24) is 0 Å². The van der Waals surface area contributed by atoms with Crippen LogP contribution in [0.4, 0.5) is 0 Å². The van der Waals surface area contributed by atoms with Crippen molar-refractivity contribution in [1.29, 1.82) is 0 Å². The molecule has 0 bridgehead atoms. The molecule has 2 heteroatoms. The molecule has 0 N–H and O–H groups in total. The summed E-state index contributed by atoms with van der Waals surface area (Å²) in [4.78, 5) is 0. The predicted molar refractivity (Wildman–Crippen MR) is 123 cm³/mol. The molecule has 0 heterocycles. The molecule has 0 unspecified atom stereocenters. The summed E-state index contributed by atoms with van der Waals surface area (Å²) >= 11 is 0. The Balaban J connectivity index is 0.00000196. The maximum absolute atomic E-state index is 2.30. The molecule has 0 radical (unpaired) electrons. The minimum atomic E-state index is -2.30. The van der Waals surface area contributed by atoms with Gasteiger partial charge < -0.3 is 0 Å². The first-order chi connectivity index (χ1) is 12.4. The second-order valence-electron chi connectivity index (χ2n) is 6.21. The van der Waals surface area contributed by atoms with Crippen molar-refractivity contribution in [2.45, 2.75) is 0 Å². The van der Waals surface area contributed by atoms with E-state index in [1.165, 1.54) is 21.2 Å². The van der Waals surface area contributed by atoms with Crippen molar-refractivity contribution in [3.05, 3.63) is 121 Å². The van der Waals surface area contributed by atoms with Crippen LogP contribution in [0.15, 0.2) is 121 Å². The summed E-state index contributed by atoms with van der Waals surface area (Å²) in [5, 5.41) is 5.66. The molecule has 0 fully saturated rings. The Bertz CT molecular complexity index is 759. The van der Waals surface area contributed by atoms with E-state index in [-0.39, 0.29) is 8.41 Å². The average Bonchev–Trinajstić information content (AvgIpc) is 2.72. The van der Waals surface area contributed by atoms with Crippen molar-refractivity contribution < 1.29 is 0 Å². The van der Waals surface area contributed by atoms with Gasteiger partial charge in [-0.3, -0.25) is 0 Å². The molecule has 0 atom stereocenters. The van der Waals surface area contributed by atoms with E-state index in [4.69, 9.17) is 0 Å². The molecule has 0 nitrogen and oxygen atoms in total. The fourth-order valence-corrected chi connectivity index (χ4v) is 8.52. The second-order valence-corrected chi connectivity index (χ2v) is 10.0. The summed E-state index contributed by atoms with van der Waals surface area (Å²) < 4.78 is 0.